The smallest absolute Gasteiger partial charge is 0.408 e. The third kappa shape index (κ3) is 2.63. The summed E-state index contributed by atoms with van der Waals surface area (Å²) in [7, 11) is -3.35. The summed E-state index contributed by atoms with van der Waals surface area (Å²) in [4.78, 5) is 10.7. The summed E-state index contributed by atoms with van der Waals surface area (Å²) < 4.78 is 30.0. The van der Waals surface area contributed by atoms with Crippen LogP contribution in [0.1, 0.15) is 40.0 Å². The molecule has 0 bridgehead atoms. The van der Waals surface area contributed by atoms with Crippen LogP contribution in [0.4, 0.5) is 4.79 Å². The number of carbonyl (C=O) groups excluding carboxylic acids is 1. The summed E-state index contributed by atoms with van der Waals surface area (Å²) in [6, 6.07) is 0. The summed E-state index contributed by atoms with van der Waals surface area (Å²) >= 11 is 0. The monoisotopic (exact) mass is 287 g/mol. The molecule has 2 aliphatic rings. The van der Waals surface area contributed by atoms with Crippen molar-refractivity contribution < 1.29 is 17.9 Å². The molecular weight excluding hydrogens is 266 g/mol. The van der Waals surface area contributed by atoms with E-state index in [-0.39, 0.29) is 11.2 Å². The van der Waals surface area contributed by atoms with Gasteiger partial charge in [0.1, 0.15) is 5.60 Å². The van der Waals surface area contributed by atoms with Gasteiger partial charge in [-0.1, -0.05) is 6.08 Å². The number of hydrogen-bond donors (Lipinski definition) is 1. The topological polar surface area (TPSA) is 72.5 Å². The number of hydrogen-bond acceptors (Lipinski definition) is 4. The van der Waals surface area contributed by atoms with Gasteiger partial charge in [0, 0.05) is 5.92 Å². The van der Waals surface area contributed by atoms with Crippen LogP contribution in [0.15, 0.2) is 12.7 Å². The lowest BCUT2D eigenvalue weighted by Gasteiger charge is -2.24. The lowest BCUT2D eigenvalue weighted by Crippen LogP contribution is -2.48. The number of amides is 1. The molecule has 5 nitrogen and oxygen atoms in total. The van der Waals surface area contributed by atoms with Crippen LogP contribution in [0.3, 0.4) is 0 Å². The highest BCUT2D eigenvalue weighted by Crippen LogP contribution is 2.53. The molecule has 0 heterocycles. The molecule has 0 aromatic heterocycles. The van der Waals surface area contributed by atoms with E-state index in [4.69, 9.17) is 4.74 Å². The zero-order chi connectivity index (χ0) is 14.5. The van der Waals surface area contributed by atoms with Crippen molar-refractivity contribution in [1.82, 2.24) is 5.32 Å². The van der Waals surface area contributed by atoms with E-state index in [2.05, 4.69) is 11.9 Å². The molecule has 19 heavy (non-hydrogen) atoms. The van der Waals surface area contributed by atoms with Crippen molar-refractivity contribution in [1.29, 1.82) is 0 Å². The molecule has 6 heteroatoms. The molecule has 108 valence electrons. The van der Waals surface area contributed by atoms with Crippen molar-refractivity contribution in [3.8, 4) is 0 Å². The fraction of sp³-hybridized carbons (Fsp3) is 0.769. The second-order valence-electron chi connectivity index (χ2n) is 6.31. The Bertz CT molecular complexity index is 501. The van der Waals surface area contributed by atoms with Crippen molar-refractivity contribution in [2.45, 2.75) is 55.8 Å². The van der Waals surface area contributed by atoms with Crippen LogP contribution in [0.2, 0.25) is 0 Å². The van der Waals surface area contributed by atoms with Gasteiger partial charge < -0.3 is 10.1 Å². The van der Waals surface area contributed by atoms with Crippen molar-refractivity contribution in [3.63, 3.8) is 0 Å². The van der Waals surface area contributed by atoms with Gasteiger partial charge >= 0.3 is 6.09 Å². The van der Waals surface area contributed by atoms with E-state index < -0.39 is 26.4 Å². The summed E-state index contributed by atoms with van der Waals surface area (Å²) in [5.74, 6) is -0.217. The van der Waals surface area contributed by atoms with E-state index >= 15 is 0 Å². The lowest BCUT2D eigenvalue weighted by molar-refractivity contribution is 0.0512. The van der Waals surface area contributed by atoms with Crippen LogP contribution in [-0.4, -0.2) is 30.2 Å². The Kier molecular flexibility index (Phi) is 3.20. The molecule has 1 N–H and O–H groups in total. The van der Waals surface area contributed by atoms with E-state index in [9.17, 15) is 13.2 Å². The SMILES string of the molecule is C=CC1C[C@]1(NC(=O)OC(C)(C)C)S(=O)(=O)C1CC1. The maximum Gasteiger partial charge on any atom is 0.408 e. The first kappa shape index (κ1) is 14.4. The number of sulfone groups is 1. The molecule has 2 aliphatic carbocycles. The quantitative estimate of drug-likeness (QED) is 0.803. The highest BCUT2D eigenvalue weighted by molar-refractivity contribution is 7.94. The average Bonchev–Trinajstić information content (AvgIpc) is 3.09. The van der Waals surface area contributed by atoms with Crippen LogP contribution in [0.25, 0.3) is 0 Å². The summed E-state index contributed by atoms with van der Waals surface area (Å²) in [5.41, 5.74) is -0.646. The van der Waals surface area contributed by atoms with Gasteiger partial charge in [-0.25, -0.2) is 13.2 Å². The van der Waals surface area contributed by atoms with Gasteiger partial charge in [0.25, 0.3) is 0 Å². The molecule has 2 fully saturated rings. The second kappa shape index (κ2) is 4.23. The number of carbonyl (C=O) groups is 1. The van der Waals surface area contributed by atoms with E-state index in [1.807, 2.05) is 0 Å². The molecule has 1 amide bonds. The minimum atomic E-state index is -3.35. The Morgan fingerprint density at radius 3 is 2.37 bits per heavy atom. The molecule has 2 atom stereocenters. The molecule has 1 unspecified atom stereocenters. The summed E-state index contributed by atoms with van der Waals surface area (Å²) in [6.07, 6.45) is 2.68. The Hall–Kier alpha value is -1.04. The number of ether oxygens (including phenoxy) is 1. The van der Waals surface area contributed by atoms with Crippen LogP contribution in [0.5, 0.6) is 0 Å². The molecule has 0 aromatic carbocycles. The van der Waals surface area contributed by atoms with Gasteiger partial charge in [-0.05, 0) is 40.0 Å². The summed E-state index contributed by atoms with van der Waals surface area (Å²) in [6.45, 7) is 8.86. The van der Waals surface area contributed by atoms with Gasteiger partial charge in [0.05, 0.1) is 5.25 Å². The molecule has 0 aromatic rings. The normalized spacial score (nSPS) is 30.6. The third-order valence-corrected chi connectivity index (χ3v) is 6.37. The fourth-order valence-corrected chi connectivity index (χ4v) is 4.74. The predicted octanol–water partition coefficient (Wildman–Crippen LogP) is 1.99. The van der Waals surface area contributed by atoms with Crippen LogP contribution < -0.4 is 5.32 Å². The van der Waals surface area contributed by atoms with Gasteiger partial charge in [0.2, 0.25) is 0 Å². The minimum absolute atomic E-state index is 0.217. The number of alkyl carbamates (subject to hydrolysis) is 1. The second-order valence-corrected chi connectivity index (χ2v) is 8.79. The maximum atomic E-state index is 12.4. The van der Waals surface area contributed by atoms with E-state index in [0.29, 0.717) is 19.3 Å². The van der Waals surface area contributed by atoms with Gasteiger partial charge in [0.15, 0.2) is 14.7 Å². The van der Waals surface area contributed by atoms with Crippen molar-refractivity contribution in [3.05, 3.63) is 12.7 Å². The maximum absolute atomic E-state index is 12.4. The lowest BCUT2D eigenvalue weighted by atomic mass is 10.2. The highest BCUT2D eigenvalue weighted by atomic mass is 32.2. The first-order valence-electron chi connectivity index (χ1n) is 6.49. The van der Waals surface area contributed by atoms with Gasteiger partial charge in [-0.15, -0.1) is 6.58 Å². The van der Waals surface area contributed by atoms with E-state index in [1.54, 1.807) is 26.8 Å². The Labute approximate surface area is 114 Å². The number of nitrogens with one attached hydrogen (secondary N) is 1. The Morgan fingerprint density at radius 1 is 1.42 bits per heavy atom. The standard InChI is InChI=1S/C13H21NO4S/c1-5-9-8-13(9,19(16,17)10-6-7-10)14-11(15)18-12(2,3)4/h5,9-10H,1,6-8H2,2-4H3,(H,14,15)/t9?,13-/m0/s1. The highest BCUT2D eigenvalue weighted by Gasteiger charge is 2.67. The molecule has 2 rings (SSSR count). The Balaban J connectivity index is 2.14. The predicted molar refractivity (Wildman–Crippen MR) is 72.3 cm³/mol. The van der Waals surface area contributed by atoms with Gasteiger partial charge in [-0.2, -0.15) is 0 Å². The third-order valence-electron chi connectivity index (χ3n) is 3.43. The molecule has 0 saturated heterocycles. The number of rotatable bonds is 4. The molecule has 2 saturated carbocycles. The first-order valence-corrected chi connectivity index (χ1v) is 8.04. The largest absolute Gasteiger partial charge is 0.444 e. The van der Waals surface area contributed by atoms with Gasteiger partial charge in [-0.3, -0.25) is 0 Å². The van der Waals surface area contributed by atoms with E-state index in [1.165, 1.54) is 0 Å². The van der Waals surface area contributed by atoms with E-state index in [0.717, 1.165) is 0 Å². The zero-order valence-electron chi connectivity index (χ0n) is 11.6. The molecule has 0 aliphatic heterocycles. The van der Waals surface area contributed by atoms with Crippen LogP contribution in [-0.2, 0) is 14.6 Å². The van der Waals surface area contributed by atoms with Crippen molar-refractivity contribution in [2.24, 2.45) is 5.92 Å². The first-order chi connectivity index (χ1) is 8.62. The molecule has 0 spiro atoms. The molecule has 0 radical (unpaired) electrons. The fourth-order valence-electron chi connectivity index (χ4n) is 2.24. The van der Waals surface area contributed by atoms with Crippen LogP contribution >= 0.6 is 0 Å². The van der Waals surface area contributed by atoms with Crippen molar-refractivity contribution in [2.75, 3.05) is 0 Å². The van der Waals surface area contributed by atoms with Crippen molar-refractivity contribution >= 4 is 15.9 Å². The zero-order valence-corrected chi connectivity index (χ0v) is 12.4. The Morgan fingerprint density at radius 2 is 2.00 bits per heavy atom. The molecular formula is C13H21NO4S. The average molecular weight is 287 g/mol. The minimum Gasteiger partial charge on any atom is -0.444 e. The van der Waals surface area contributed by atoms with Crippen LogP contribution in [0, 0.1) is 5.92 Å². The summed E-state index contributed by atoms with van der Waals surface area (Å²) in [5, 5.41) is 2.25.